The van der Waals surface area contributed by atoms with Crippen LogP contribution in [0, 0.1) is 27.7 Å². The predicted octanol–water partition coefficient (Wildman–Crippen LogP) is 5.61. The van der Waals surface area contributed by atoms with Crippen LogP contribution in [-0.2, 0) is 19.1 Å². The number of amides is 2. The fraction of sp³-hybridized carbons (Fsp3) is 0.250. The Balaban J connectivity index is 1.39. The molecule has 2 N–H and O–H groups in total. The van der Waals surface area contributed by atoms with Gasteiger partial charge in [-0.1, -0.05) is 18.2 Å². The summed E-state index contributed by atoms with van der Waals surface area (Å²) in [6.45, 7) is 7.51. The van der Waals surface area contributed by atoms with Gasteiger partial charge in [0.2, 0.25) is 5.91 Å². The van der Waals surface area contributed by atoms with Gasteiger partial charge in [0.05, 0.1) is 6.42 Å². The molecule has 182 valence electrons. The van der Waals surface area contributed by atoms with Crippen molar-refractivity contribution in [1.82, 2.24) is 0 Å². The zero-order valence-electron chi connectivity index (χ0n) is 20.4. The molecule has 0 spiro atoms. The molecule has 3 aromatic rings. The van der Waals surface area contributed by atoms with Gasteiger partial charge in [0.25, 0.3) is 5.91 Å². The quantitative estimate of drug-likeness (QED) is 0.393. The topological polar surface area (TPSA) is 93.7 Å². The number of carbonyl (C=O) groups is 3. The number of rotatable bonds is 9. The van der Waals surface area contributed by atoms with Crippen molar-refractivity contribution in [3.63, 3.8) is 0 Å². The van der Waals surface area contributed by atoms with Crippen molar-refractivity contribution < 1.29 is 23.9 Å². The highest BCUT2D eigenvalue weighted by Gasteiger charge is 2.12. The lowest BCUT2D eigenvalue weighted by Gasteiger charge is -2.11. The fourth-order valence-electron chi connectivity index (χ4n) is 3.25. The summed E-state index contributed by atoms with van der Waals surface area (Å²) in [5.41, 5.74) is 5.61. The molecule has 35 heavy (non-hydrogen) atoms. The van der Waals surface area contributed by atoms with E-state index in [-0.39, 0.29) is 18.7 Å². The lowest BCUT2D eigenvalue weighted by atomic mass is 10.1. The van der Waals surface area contributed by atoms with E-state index >= 15 is 0 Å². The van der Waals surface area contributed by atoms with Gasteiger partial charge in [-0.2, -0.15) is 0 Å². The minimum atomic E-state index is -0.617. The molecule has 0 unspecified atom stereocenters. The molecule has 0 fully saturated rings. The van der Waals surface area contributed by atoms with Gasteiger partial charge in [-0.05, 0) is 92.4 Å². The van der Waals surface area contributed by atoms with Gasteiger partial charge in [-0.25, -0.2) is 0 Å². The monoisotopic (exact) mass is 474 g/mol. The van der Waals surface area contributed by atoms with Gasteiger partial charge >= 0.3 is 5.97 Å². The van der Waals surface area contributed by atoms with Gasteiger partial charge in [0.1, 0.15) is 11.5 Å². The van der Waals surface area contributed by atoms with Gasteiger partial charge < -0.3 is 20.1 Å². The van der Waals surface area contributed by atoms with E-state index in [1.165, 1.54) is 5.56 Å². The van der Waals surface area contributed by atoms with Crippen molar-refractivity contribution in [2.45, 2.75) is 40.5 Å². The van der Waals surface area contributed by atoms with Gasteiger partial charge in [-0.3, -0.25) is 14.4 Å². The number of esters is 1. The highest BCUT2D eigenvalue weighted by atomic mass is 16.5. The van der Waals surface area contributed by atoms with Crippen LogP contribution >= 0.6 is 0 Å². The van der Waals surface area contributed by atoms with Gasteiger partial charge in [0, 0.05) is 17.8 Å². The number of hydrogen-bond acceptors (Lipinski definition) is 5. The van der Waals surface area contributed by atoms with Gasteiger partial charge in [0.15, 0.2) is 6.61 Å². The summed E-state index contributed by atoms with van der Waals surface area (Å²) in [4.78, 5) is 36.2. The molecule has 0 saturated heterocycles. The number of carbonyl (C=O) groups excluding carboxylic acids is 3. The van der Waals surface area contributed by atoms with Crippen LogP contribution in [0.1, 0.15) is 35.1 Å². The Morgan fingerprint density at radius 1 is 0.714 bits per heavy atom. The van der Waals surface area contributed by atoms with E-state index in [1.807, 2.05) is 58.0 Å². The van der Waals surface area contributed by atoms with Crippen LogP contribution in [0.2, 0.25) is 0 Å². The molecular weight excluding hydrogens is 444 g/mol. The summed E-state index contributed by atoms with van der Waals surface area (Å²) in [5.74, 6) is 0.0117. The molecule has 0 aromatic heterocycles. The van der Waals surface area contributed by atoms with Crippen molar-refractivity contribution in [3.05, 3.63) is 82.9 Å². The van der Waals surface area contributed by atoms with Crippen molar-refractivity contribution in [3.8, 4) is 11.5 Å². The SMILES string of the molecule is Cc1ccc(Oc2ccc(NC(=O)CCC(=O)OCC(=O)Nc3cccc(C)c3C)cc2)cc1C. The maximum Gasteiger partial charge on any atom is 0.306 e. The molecule has 0 heterocycles. The molecule has 7 nitrogen and oxygen atoms in total. The Labute approximate surface area is 205 Å². The Hall–Kier alpha value is -4.13. The van der Waals surface area contributed by atoms with Crippen molar-refractivity contribution in [2.75, 3.05) is 17.2 Å². The molecule has 3 aromatic carbocycles. The Bertz CT molecular complexity index is 1220. The highest BCUT2D eigenvalue weighted by Crippen LogP contribution is 2.25. The summed E-state index contributed by atoms with van der Waals surface area (Å²) in [6, 6.07) is 18.4. The number of anilines is 2. The summed E-state index contributed by atoms with van der Waals surface area (Å²) >= 11 is 0. The predicted molar refractivity (Wildman–Crippen MR) is 136 cm³/mol. The van der Waals surface area contributed by atoms with Crippen LogP contribution < -0.4 is 15.4 Å². The number of aryl methyl sites for hydroxylation is 3. The largest absolute Gasteiger partial charge is 0.457 e. The van der Waals surface area contributed by atoms with Crippen molar-refractivity contribution in [2.24, 2.45) is 0 Å². The van der Waals surface area contributed by atoms with Crippen LogP contribution in [-0.4, -0.2) is 24.4 Å². The standard InChI is InChI=1S/C28H30N2O5/c1-18-8-11-24(16-20(18)3)35-23-12-9-22(10-13-23)29-26(31)14-15-28(33)34-17-27(32)30-25-7-5-6-19(2)21(25)4/h5-13,16H,14-15,17H2,1-4H3,(H,29,31)(H,30,32). The fourth-order valence-corrected chi connectivity index (χ4v) is 3.25. The van der Waals surface area contributed by atoms with E-state index in [0.29, 0.717) is 17.1 Å². The van der Waals surface area contributed by atoms with Crippen LogP contribution in [0.3, 0.4) is 0 Å². The Morgan fingerprint density at radius 3 is 2.14 bits per heavy atom. The van der Waals surface area contributed by atoms with Crippen LogP contribution in [0.25, 0.3) is 0 Å². The molecule has 0 aliphatic carbocycles. The first-order chi connectivity index (χ1) is 16.7. The maximum absolute atomic E-state index is 12.2. The first-order valence-electron chi connectivity index (χ1n) is 11.4. The third-order valence-electron chi connectivity index (χ3n) is 5.65. The smallest absolute Gasteiger partial charge is 0.306 e. The first kappa shape index (κ1) is 25.5. The third-order valence-corrected chi connectivity index (χ3v) is 5.65. The van der Waals surface area contributed by atoms with Crippen LogP contribution in [0.5, 0.6) is 11.5 Å². The number of benzene rings is 3. The second kappa shape index (κ2) is 11.8. The van der Waals surface area contributed by atoms with Crippen LogP contribution in [0.15, 0.2) is 60.7 Å². The second-order valence-electron chi connectivity index (χ2n) is 8.38. The molecule has 0 atom stereocenters. The average Bonchev–Trinajstić information content (AvgIpc) is 2.83. The lowest BCUT2D eigenvalue weighted by molar-refractivity contribution is -0.147. The molecule has 7 heteroatoms. The van der Waals surface area contributed by atoms with E-state index in [1.54, 1.807) is 30.3 Å². The third kappa shape index (κ3) is 7.71. The Morgan fingerprint density at radius 2 is 1.43 bits per heavy atom. The summed E-state index contributed by atoms with van der Waals surface area (Å²) in [6.07, 6.45) is -0.186. The average molecular weight is 475 g/mol. The molecule has 0 aliphatic rings. The van der Waals surface area contributed by atoms with E-state index in [9.17, 15) is 14.4 Å². The summed E-state index contributed by atoms with van der Waals surface area (Å²) < 4.78 is 10.8. The molecule has 2 amide bonds. The minimum Gasteiger partial charge on any atom is -0.457 e. The molecular formula is C28H30N2O5. The van der Waals surface area contributed by atoms with Crippen molar-refractivity contribution in [1.29, 1.82) is 0 Å². The van der Waals surface area contributed by atoms with Crippen molar-refractivity contribution >= 4 is 29.2 Å². The Kier molecular flexibility index (Phi) is 8.62. The van der Waals surface area contributed by atoms with Gasteiger partial charge in [-0.15, -0.1) is 0 Å². The van der Waals surface area contributed by atoms with E-state index in [2.05, 4.69) is 10.6 Å². The maximum atomic E-state index is 12.2. The summed E-state index contributed by atoms with van der Waals surface area (Å²) in [7, 11) is 0. The number of hydrogen-bond donors (Lipinski definition) is 2. The normalized spacial score (nSPS) is 10.4. The van der Waals surface area contributed by atoms with Crippen LogP contribution in [0.4, 0.5) is 11.4 Å². The zero-order valence-corrected chi connectivity index (χ0v) is 20.4. The molecule has 0 bridgehead atoms. The zero-order chi connectivity index (χ0) is 25.4. The highest BCUT2D eigenvalue weighted by molar-refractivity contribution is 5.95. The molecule has 0 saturated carbocycles. The van der Waals surface area contributed by atoms with E-state index in [4.69, 9.17) is 9.47 Å². The molecule has 3 rings (SSSR count). The minimum absolute atomic E-state index is 0.0572. The molecule has 0 aliphatic heterocycles. The first-order valence-corrected chi connectivity index (χ1v) is 11.4. The summed E-state index contributed by atoms with van der Waals surface area (Å²) in [5, 5.41) is 5.46. The number of ether oxygens (including phenoxy) is 2. The lowest BCUT2D eigenvalue weighted by Crippen LogP contribution is -2.22. The number of nitrogens with one attached hydrogen (secondary N) is 2. The second-order valence-corrected chi connectivity index (χ2v) is 8.38. The molecule has 0 radical (unpaired) electrons. The van der Waals surface area contributed by atoms with E-state index < -0.39 is 18.5 Å². The van der Waals surface area contributed by atoms with E-state index in [0.717, 1.165) is 22.4 Å².